The molecular weight excluding hydrogens is 430 g/mol. The number of carbonyl (C=O) groups is 2. The Morgan fingerprint density at radius 1 is 0.906 bits per heavy atom. The van der Waals surface area contributed by atoms with Crippen LogP contribution in [0.15, 0.2) is 48.5 Å². The number of thiophene rings is 1. The second kappa shape index (κ2) is 10.5. The van der Waals surface area contributed by atoms with Crippen LogP contribution in [-0.2, 0) is 0 Å². The molecule has 4 N–H and O–H groups in total. The zero-order valence-corrected chi connectivity index (χ0v) is 18.9. The highest BCUT2D eigenvalue weighted by atomic mass is 32.1. The van der Waals surface area contributed by atoms with E-state index in [1.54, 1.807) is 31.4 Å². The summed E-state index contributed by atoms with van der Waals surface area (Å²) in [6.45, 7) is 4.61. The van der Waals surface area contributed by atoms with Crippen LogP contribution in [0.25, 0.3) is 10.4 Å². The monoisotopic (exact) mass is 455 g/mol. The maximum absolute atomic E-state index is 12.6. The first-order valence-electron chi connectivity index (χ1n) is 10.0. The van der Waals surface area contributed by atoms with E-state index in [1.165, 1.54) is 11.3 Å². The van der Waals surface area contributed by atoms with Gasteiger partial charge < -0.3 is 19.9 Å². The molecule has 0 saturated heterocycles. The van der Waals surface area contributed by atoms with Crippen molar-refractivity contribution in [1.29, 1.82) is 0 Å². The lowest BCUT2D eigenvalue weighted by Gasteiger charge is -2.12. The minimum atomic E-state index is -0.503. The van der Waals surface area contributed by atoms with Crippen molar-refractivity contribution in [1.82, 2.24) is 10.9 Å². The molecule has 0 fully saturated rings. The minimum absolute atomic E-state index is 0.304. The molecule has 0 spiro atoms. The summed E-state index contributed by atoms with van der Waals surface area (Å²) in [5.74, 6) is 0.748. The SMILES string of the molecule is CCOc1ccc(C(=O)NNC(=O)c2sc(-c3ccc(OC)cc3)cc2N)cc1OCC. The Morgan fingerprint density at radius 3 is 2.22 bits per heavy atom. The molecule has 0 bridgehead atoms. The van der Waals surface area contributed by atoms with Crippen molar-refractivity contribution in [3.05, 3.63) is 59.0 Å². The number of anilines is 1. The van der Waals surface area contributed by atoms with Gasteiger partial charge in [0.2, 0.25) is 0 Å². The smallest absolute Gasteiger partial charge is 0.281 e. The van der Waals surface area contributed by atoms with E-state index in [9.17, 15) is 9.59 Å². The molecule has 0 aliphatic carbocycles. The molecule has 0 atom stereocenters. The number of nitrogens with two attached hydrogens (primary N) is 1. The van der Waals surface area contributed by atoms with Gasteiger partial charge in [0, 0.05) is 10.4 Å². The van der Waals surface area contributed by atoms with Gasteiger partial charge in [-0.1, -0.05) is 0 Å². The van der Waals surface area contributed by atoms with Gasteiger partial charge in [0.05, 0.1) is 26.0 Å². The summed E-state index contributed by atoms with van der Waals surface area (Å²) in [7, 11) is 1.60. The molecule has 3 rings (SSSR count). The molecular formula is C23H25N3O5S. The van der Waals surface area contributed by atoms with Gasteiger partial charge in [-0.15, -0.1) is 11.3 Å². The fraction of sp³-hybridized carbons (Fsp3) is 0.217. The molecule has 1 aromatic heterocycles. The number of benzene rings is 2. The second-order valence-corrected chi connectivity index (χ2v) is 7.61. The van der Waals surface area contributed by atoms with Crippen LogP contribution in [0, 0.1) is 0 Å². The van der Waals surface area contributed by atoms with E-state index >= 15 is 0 Å². The number of nitrogen functional groups attached to an aromatic ring is 1. The van der Waals surface area contributed by atoms with Crippen LogP contribution in [0.4, 0.5) is 5.69 Å². The van der Waals surface area contributed by atoms with Gasteiger partial charge in [0.25, 0.3) is 11.8 Å². The summed E-state index contributed by atoms with van der Waals surface area (Å²) in [5.41, 5.74) is 12.4. The van der Waals surface area contributed by atoms with Gasteiger partial charge in [0.15, 0.2) is 11.5 Å². The number of ether oxygens (including phenoxy) is 3. The van der Waals surface area contributed by atoms with Crippen LogP contribution in [-0.4, -0.2) is 32.1 Å². The first kappa shape index (κ1) is 23.0. The molecule has 3 aromatic rings. The largest absolute Gasteiger partial charge is 0.497 e. The number of hydrogen-bond donors (Lipinski definition) is 3. The summed E-state index contributed by atoms with van der Waals surface area (Å²) < 4.78 is 16.2. The fourth-order valence-electron chi connectivity index (χ4n) is 2.91. The molecule has 0 aliphatic heterocycles. The molecule has 0 unspecified atom stereocenters. The molecule has 168 valence electrons. The van der Waals surface area contributed by atoms with Gasteiger partial charge in [-0.2, -0.15) is 0 Å². The Morgan fingerprint density at radius 2 is 1.56 bits per heavy atom. The van der Waals surface area contributed by atoms with E-state index in [-0.39, 0.29) is 0 Å². The van der Waals surface area contributed by atoms with Crippen molar-refractivity contribution in [2.75, 3.05) is 26.1 Å². The highest BCUT2D eigenvalue weighted by Crippen LogP contribution is 2.34. The van der Waals surface area contributed by atoms with E-state index in [0.29, 0.717) is 40.8 Å². The number of hydrazine groups is 1. The zero-order valence-electron chi connectivity index (χ0n) is 18.1. The lowest BCUT2D eigenvalue weighted by atomic mass is 10.2. The number of hydrogen-bond acceptors (Lipinski definition) is 7. The highest BCUT2D eigenvalue weighted by Gasteiger charge is 2.17. The molecule has 32 heavy (non-hydrogen) atoms. The summed E-state index contributed by atoms with van der Waals surface area (Å²) >= 11 is 1.23. The third kappa shape index (κ3) is 5.30. The van der Waals surface area contributed by atoms with Gasteiger partial charge in [-0.25, -0.2) is 0 Å². The van der Waals surface area contributed by atoms with E-state index < -0.39 is 11.8 Å². The fourth-order valence-corrected chi connectivity index (χ4v) is 3.90. The van der Waals surface area contributed by atoms with Crippen molar-refractivity contribution < 1.29 is 23.8 Å². The number of rotatable bonds is 8. The van der Waals surface area contributed by atoms with Crippen molar-refractivity contribution in [3.8, 4) is 27.7 Å². The van der Waals surface area contributed by atoms with Crippen molar-refractivity contribution in [2.24, 2.45) is 0 Å². The predicted octanol–water partition coefficient (Wildman–Crippen LogP) is 3.88. The average Bonchev–Trinajstić information content (AvgIpc) is 3.20. The summed E-state index contributed by atoms with van der Waals surface area (Å²) in [6, 6.07) is 14.0. The van der Waals surface area contributed by atoms with E-state index in [1.807, 2.05) is 38.1 Å². The van der Waals surface area contributed by atoms with Crippen LogP contribution in [0.3, 0.4) is 0 Å². The standard InChI is InChI=1S/C23H25N3O5S/c1-4-30-18-11-8-15(12-19(18)31-5-2)22(27)25-26-23(28)21-17(24)13-20(32-21)14-6-9-16(29-3)10-7-14/h6-13H,4-5,24H2,1-3H3,(H,25,27)(H,26,28). The van der Waals surface area contributed by atoms with Crippen molar-refractivity contribution in [2.45, 2.75) is 13.8 Å². The van der Waals surface area contributed by atoms with Gasteiger partial charge in [0.1, 0.15) is 10.6 Å². The Hall–Kier alpha value is -3.72. The molecule has 1 heterocycles. The molecule has 9 heteroatoms. The van der Waals surface area contributed by atoms with Crippen molar-refractivity contribution >= 4 is 28.8 Å². The Kier molecular flexibility index (Phi) is 7.56. The Bertz CT molecular complexity index is 1100. The number of methoxy groups -OCH3 is 1. The quantitative estimate of drug-likeness (QED) is 0.445. The van der Waals surface area contributed by atoms with Gasteiger partial charge in [-0.05, 0) is 67.9 Å². The first-order chi connectivity index (χ1) is 15.5. The zero-order chi connectivity index (χ0) is 23.1. The van der Waals surface area contributed by atoms with E-state index in [4.69, 9.17) is 19.9 Å². The van der Waals surface area contributed by atoms with E-state index in [2.05, 4.69) is 10.9 Å². The normalized spacial score (nSPS) is 10.3. The van der Waals surface area contributed by atoms with E-state index in [0.717, 1.165) is 16.2 Å². The minimum Gasteiger partial charge on any atom is -0.497 e. The number of nitrogens with one attached hydrogen (secondary N) is 2. The van der Waals surface area contributed by atoms with Crippen LogP contribution in [0.5, 0.6) is 17.2 Å². The predicted molar refractivity (Wildman–Crippen MR) is 124 cm³/mol. The number of amides is 2. The third-order valence-corrected chi connectivity index (χ3v) is 5.64. The molecule has 8 nitrogen and oxygen atoms in total. The molecule has 2 aromatic carbocycles. The van der Waals surface area contributed by atoms with Crippen LogP contribution < -0.4 is 30.8 Å². The lowest BCUT2D eigenvalue weighted by Crippen LogP contribution is -2.41. The van der Waals surface area contributed by atoms with Crippen LogP contribution >= 0.6 is 11.3 Å². The van der Waals surface area contributed by atoms with Crippen molar-refractivity contribution in [3.63, 3.8) is 0 Å². The third-order valence-electron chi connectivity index (χ3n) is 4.44. The van der Waals surface area contributed by atoms with Crippen LogP contribution in [0.2, 0.25) is 0 Å². The molecule has 0 aliphatic rings. The maximum Gasteiger partial charge on any atom is 0.281 e. The molecule has 2 amide bonds. The lowest BCUT2D eigenvalue weighted by molar-refractivity contribution is 0.0849. The average molecular weight is 456 g/mol. The summed E-state index contributed by atoms with van der Waals surface area (Å²) in [5, 5.41) is 0. The molecule has 0 radical (unpaired) electrons. The topological polar surface area (TPSA) is 112 Å². The van der Waals surface area contributed by atoms with Gasteiger partial charge >= 0.3 is 0 Å². The first-order valence-corrected chi connectivity index (χ1v) is 10.8. The number of carbonyl (C=O) groups excluding carboxylic acids is 2. The Balaban J connectivity index is 1.68. The second-order valence-electron chi connectivity index (χ2n) is 6.56. The highest BCUT2D eigenvalue weighted by molar-refractivity contribution is 7.18. The Labute approximate surface area is 190 Å². The van der Waals surface area contributed by atoms with Gasteiger partial charge in [-0.3, -0.25) is 20.4 Å². The molecule has 0 saturated carbocycles. The maximum atomic E-state index is 12.6. The summed E-state index contributed by atoms with van der Waals surface area (Å²) in [4.78, 5) is 26.2. The van der Waals surface area contributed by atoms with Crippen LogP contribution in [0.1, 0.15) is 33.9 Å². The summed E-state index contributed by atoms with van der Waals surface area (Å²) in [6.07, 6.45) is 0.